The molecule has 2 heterocycles. The van der Waals surface area contributed by atoms with E-state index in [0.717, 1.165) is 24.7 Å². The van der Waals surface area contributed by atoms with Gasteiger partial charge in [-0.25, -0.2) is 9.97 Å². The van der Waals surface area contributed by atoms with Crippen molar-refractivity contribution in [1.29, 1.82) is 0 Å². The first kappa shape index (κ1) is 13.1. The van der Waals surface area contributed by atoms with E-state index in [-0.39, 0.29) is 0 Å². The van der Waals surface area contributed by atoms with Crippen molar-refractivity contribution in [1.82, 2.24) is 14.9 Å². The van der Waals surface area contributed by atoms with Crippen molar-refractivity contribution in [2.24, 2.45) is 0 Å². The first-order valence-electron chi connectivity index (χ1n) is 6.68. The molecule has 1 fully saturated rings. The van der Waals surface area contributed by atoms with Gasteiger partial charge in [-0.3, -0.25) is 0 Å². The van der Waals surface area contributed by atoms with Crippen LogP contribution in [0.2, 0.25) is 0 Å². The zero-order chi connectivity index (χ0) is 13.0. The van der Waals surface area contributed by atoms with Gasteiger partial charge in [-0.1, -0.05) is 0 Å². The average Bonchev–Trinajstić information content (AvgIpc) is 2.76. The molecular formula is C13H23N5. The lowest BCUT2D eigenvalue weighted by Gasteiger charge is -2.26. The Hall–Kier alpha value is -1.36. The van der Waals surface area contributed by atoms with Gasteiger partial charge in [-0.05, 0) is 33.4 Å². The molecule has 18 heavy (non-hydrogen) atoms. The van der Waals surface area contributed by atoms with E-state index in [1.807, 2.05) is 6.07 Å². The highest BCUT2D eigenvalue weighted by atomic mass is 15.2. The van der Waals surface area contributed by atoms with Crippen LogP contribution in [0, 0.1) is 0 Å². The minimum atomic E-state index is 0.646. The highest BCUT2D eigenvalue weighted by Crippen LogP contribution is 2.19. The van der Waals surface area contributed by atoms with E-state index in [1.165, 1.54) is 19.4 Å². The summed E-state index contributed by atoms with van der Waals surface area (Å²) in [5, 5.41) is 3.22. The lowest BCUT2D eigenvalue weighted by Crippen LogP contribution is -2.37. The van der Waals surface area contributed by atoms with E-state index in [2.05, 4.69) is 46.1 Å². The Morgan fingerprint density at radius 2 is 2.33 bits per heavy atom. The van der Waals surface area contributed by atoms with Gasteiger partial charge in [0.1, 0.15) is 18.0 Å². The minimum absolute atomic E-state index is 0.646. The van der Waals surface area contributed by atoms with Crippen molar-refractivity contribution in [3.05, 3.63) is 12.4 Å². The highest BCUT2D eigenvalue weighted by molar-refractivity contribution is 5.47. The number of anilines is 2. The molecule has 1 unspecified atom stereocenters. The number of hydrogen-bond acceptors (Lipinski definition) is 5. The van der Waals surface area contributed by atoms with E-state index in [1.54, 1.807) is 6.33 Å². The van der Waals surface area contributed by atoms with E-state index >= 15 is 0 Å². The van der Waals surface area contributed by atoms with Crippen molar-refractivity contribution >= 4 is 11.6 Å². The van der Waals surface area contributed by atoms with Crippen LogP contribution in [-0.4, -0.2) is 54.6 Å². The number of nitrogens with one attached hydrogen (secondary N) is 1. The van der Waals surface area contributed by atoms with Gasteiger partial charge in [0.2, 0.25) is 0 Å². The fourth-order valence-electron chi connectivity index (χ4n) is 2.45. The quantitative estimate of drug-likeness (QED) is 0.855. The van der Waals surface area contributed by atoms with E-state index < -0.39 is 0 Å². The van der Waals surface area contributed by atoms with Crippen LogP contribution < -0.4 is 10.2 Å². The smallest absolute Gasteiger partial charge is 0.133 e. The van der Waals surface area contributed by atoms with E-state index in [4.69, 9.17) is 0 Å². The molecule has 0 bridgehead atoms. The van der Waals surface area contributed by atoms with Gasteiger partial charge in [0, 0.05) is 32.2 Å². The molecule has 0 spiro atoms. The number of rotatable bonds is 5. The van der Waals surface area contributed by atoms with Crippen LogP contribution in [0.15, 0.2) is 12.4 Å². The third-order valence-electron chi connectivity index (χ3n) is 3.56. The number of nitrogens with zero attached hydrogens (tertiary/aromatic N) is 4. The molecule has 2 rings (SSSR count). The fourth-order valence-corrected chi connectivity index (χ4v) is 2.45. The molecule has 0 radical (unpaired) electrons. The van der Waals surface area contributed by atoms with E-state index in [9.17, 15) is 0 Å². The maximum Gasteiger partial charge on any atom is 0.133 e. The molecule has 1 saturated heterocycles. The Labute approximate surface area is 109 Å². The van der Waals surface area contributed by atoms with Gasteiger partial charge in [0.15, 0.2) is 0 Å². The van der Waals surface area contributed by atoms with Crippen LogP contribution >= 0.6 is 0 Å². The zero-order valence-corrected chi connectivity index (χ0v) is 11.6. The number of likely N-dealkylation sites (N-methyl/N-ethyl adjacent to an activating group) is 2. The maximum absolute atomic E-state index is 4.34. The SMILES string of the molecule is CCNc1cc(N(C)CC2CCCN2C)ncn1. The Morgan fingerprint density at radius 3 is 3.00 bits per heavy atom. The van der Waals surface area contributed by atoms with Crippen LogP contribution in [-0.2, 0) is 0 Å². The molecule has 0 aromatic carbocycles. The predicted octanol–water partition coefficient (Wildman–Crippen LogP) is 1.44. The summed E-state index contributed by atoms with van der Waals surface area (Å²) in [6, 6.07) is 2.66. The monoisotopic (exact) mass is 249 g/mol. The summed E-state index contributed by atoms with van der Waals surface area (Å²) in [4.78, 5) is 13.2. The molecule has 1 N–H and O–H groups in total. The van der Waals surface area contributed by atoms with Gasteiger partial charge in [-0.15, -0.1) is 0 Å². The Balaban J connectivity index is 1.99. The largest absolute Gasteiger partial charge is 0.370 e. The zero-order valence-electron chi connectivity index (χ0n) is 11.6. The molecule has 0 aliphatic carbocycles. The van der Waals surface area contributed by atoms with Crippen molar-refractivity contribution in [3.8, 4) is 0 Å². The summed E-state index contributed by atoms with van der Waals surface area (Å²) < 4.78 is 0. The van der Waals surface area contributed by atoms with Gasteiger partial charge in [-0.2, -0.15) is 0 Å². The summed E-state index contributed by atoms with van der Waals surface area (Å²) in [6.07, 6.45) is 4.22. The Morgan fingerprint density at radius 1 is 1.50 bits per heavy atom. The van der Waals surface area contributed by atoms with Crippen molar-refractivity contribution < 1.29 is 0 Å². The summed E-state index contributed by atoms with van der Waals surface area (Å²) >= 11 is 0. The van der Waals surface area contributed by atoms with Crippen molar-refractivity contribution in [3.63, 3.8) is 0 Å². The number of aromatic nitrogens is 2. The number of likely N-dealkylation sites (tertiary alicyclic amines) is 1. The number of hydrogen-bond donors (Lipinski definition) is 1. The Bertz CT molecular complexity index is 381. The van der Waals surface area contributed by atoms with Gasteiger partial charge in [0.05, 0.1) is 0 Å². The van der Waals surface area contributed by atoms with Crippen LogP contribution in [0.3, 0.4) is 0 Å². The molecule has 1 aromatic heterocycles. The predicted molar refractivity (Wildman–Crippen MR) is 75.1 cm³/mol. The highest BCUT2D eigenvalue weighted by Gasteiger charge is 2.22. The molecule has 5 nitrogen and oxygen atoms in total. The lowest BCUT2D eigenvalue weighted by molar-refractivity contribution is 0.314. The average molecular weight is 249 g/mol. The summed E-state index contributed by atoms with van der Waals surface area (Å²) in [5.41, 5.74) is 0. The fraction of sp³-hybridized carbons (Fsp3) is 0.692. The molecule has 1 aliphatic rings. The minimum Gasteiger partial charge on any atom is -0.370 e. The molecule has 0 amide bonds. The van der Waals surface area contributed by atoms with Crippen LogP contribution in [0.5, 0.6) is 0 Å². The summed E-state index contributed by atoms with van der Waals surface area (Å²) in [7, 11) is 4.31. The second-order valence-corrected chi connectivity index (χ2v) is 4.95. The molecule has 0 saturated carbocycles. The second kappa shape index (κ2) is 6.00. The first-order chi connectivity index (χ1) is 8.70. The second-order valence-electron chi connectivity index (χ2n) is 4.95. The third-order valence-corrected chi connectivity index (χ3v) is 3.56. The maximum atomic E-state index is 4.34. The van der Waals surface area contributed by atoms with Gasteiger partial charge >= 0.3 is 0 Å². The Kier molecular flexibility index (Phi) is 4.36. The molecular weight excluding hydrogens is 226 g/mol. The van der Waals surface area contributed by atoms with Crippen LogP contribution in [0.4, 0.5) is 11.6 Å². The topological polar surface area (TPSA) is 44.3 Å². The van der Waals surface area contributed by atoms with Crippen LogP contribution in [0.25, 0.3) is 0 Å². The molecule has 1 atom stereocenters. The molecule has 100 valence electrons. The van der Waals surface area contributed by atoms with Gasteiger partial charge in [0.25, 0.3) is 0 Å². The lowest BCUT2D eigenvalue weighted by atomic mass is 10.2. The molecule has 1 aliphatic heterocycles. The van der Waals surface area contributed by atoms with Crippen LogP contribution in [0.1, 0.15) is 19.8 Å². The van der Waals surface area contributed by atoms with Crippen molar-refractivity contribution in [2.75, 3.05) is 43.9 Å². The summed E-state index contributed by atoms with van der Waals surface area (Å²) in [6.45, 7) is 5.19. The molecule has 5 heteroatoms. The standard InChI is InChI=1S/C13H23N5/c1-4-14-12-8-13(16-10-15-12)18(3)9-11-6-5-7-17(11)2/h8,10-11H,4-7,9H2,1-3H3,(H,14,15,16). The van der Waals surface area contributed by atoms with Crippen molar-refractivity contribution in [2.45, 2.75) is 25.8 Å². The first-order valence-corrected chi connectivity index (χ1v) is 6.68. The third kappa shape index (κ3) is 3.10. The van der Waals surface area contributed by atoms with E-state index in [0.29, 0.717) is 6.04 Å². The summed E-state index contributed by atoms with van der Waals surface area (Å²) in [5.74, 6) is 1.88. The normalized spacial score (nSPS) is 20.1. The van der Waals surface area contributed by atoms with Gasteiger partial charge < -0.3 is 15.1 Å². The molecule has 1 aromatic rings.